The van der Waals surface area contributed by atoms with Gasteiger partial charge in [0.1, 0.15) is 15.9 Å². The van der Waals surface area contributed by atoms with Crippen LogP contribution in [0.1, 0.15) is 36.3 Å². The lowest BCUT2D eigenvalue weighted by Crippen LogP contribution is -2.30. The molecule has 3 aromatic rings. The Labute approximate surface area is 172 Å². The highest BCUT2D eigenvalue weighted by Crippen LogP contribution is 2.27. The largest absolute Gasteiger partial charge is 0.300 e. The summed E-state index contributed by atoms with van der Waals surface area (Å²) >= 11 is 8.97. The Bertz CT molecular complexity index is 860. The molecular weight excluding hydrogens is 400 g/mol. The lowest BCUT2D eigenvalue weighted by molar-refractivity contribution is 0.213. The number of hydrogen-bond donors (Lipinski definition) is 0. The molecule has 0 aliphatic carbocycles. The Morgan fingerprint density at radius 3 is 2.56 bits per heavy atom. The maximum atomic E-state index is 6.14. The van der Waals surface area contributed by atoms with E-state index >= 15 is 0 Å². The molecule has 9 heteroatoms. The highest BCUT2D eigenvalue weighted by molar-refractivity contribution is 7.98. The van der Waals surface area contributed by atoms with Crippen LogP contribution in [0.3, 0.4) is 0 Å². The van der Waals surface area contributed by atoms with Crippen molar-refractivity contribution in [1.29, 1.82) is 0 Å². The topological polar surface area (TPSA) is 59.7 Å². The molecular formula is C18H21ClN6S2. The second-order valence-electron chi connectivity index (χ2n) is 6.59. The molecule has 27 heavy (non-hydrogen) atoms. The van der Waals surface area contributed by atoms with Gasteiger partial charge in [-0.25, -0.2) is 0 Å². The maximum Gasteiger partial charge on any atom is 0.191 e. The van der Waals surface area contributed by atoms with Crippen LogP contribution in [0.2, 0.25) is 4.34 Å². The molecule has 6 nitrogen and oxygen atoms in total. The highest BCUT2D eigenvalue weighted by atomic mass is 35.5. The first-order chi connectivity index (χ1) is 13.3. The normalized spacial score (nSPS) is 15.3. The van der Waals surface area contributed by atoms with Crippen molar-refractivity contribution in [2.45, 2.75) is 43.3 Å². The molecule has 1 saturated heterocycles. The monoisotopic (exact) mass is 420 g/mol. The van der Waals surface area contributed by atoms with Crippen molar-refractivity contribution in [2.75, 3.05) is 13.1 Å². The van der Waals surface area contributed by atoms with Crippen LogP contribution in [0.15, 0.2) is 35.5 Å². The lowest BCUT2D eigenvalue weighted by Gasteiger charge is -2.26. The van der Waals surface area contributed by atoms with E-state index in [0.29, 0.717) is 10.1 Å². The molecule has 1 fully saturated rings. The fourth-order valence-electron chi connectivity index (χ4n) is 3.20. The molecule has 0 saturated carbocycles. The van der Waals surface area contributed by atoms with Gasteiger partial charge in [0.2, 0.25) is 0 Å². The summed E-state index contributed by atoms with van der Waals surface area (Å²) in [6.07, 6.45) is 3.87. The molecule has 1 aromatic carbocycles. The van der Waals surface area contributed by atoms with Gasteiger partial charge in [0.05, 0.1) is 13.1 Å². The zero-order valence-corrected chi connectivity index (χ0v) is 17.3. The first-order valence-corrected chi connectivity index (χ1v) is 11.2. The van der Waals surface area contributed by atoms with E-state index in [-0.39, 0.29) is 0 Å². The molecule has 0 amide bonds. The molecule has 0 unspecified atom stereocenters. The van der Waals surface area contributed by atoms with Crippen molar-refractivity contribution in [3.63, 3.8) is 0 Å². The Morgan fingerprint density at radius 2 is 1.81 bits per heavy atom. The van der Waals surface area contributed by atoms with Crippen LogP contribution in [0, 0.1) is 0 Å². The molecule has 0 N–H and O–H groups in total. The van der Waals surface area contributed by atoms with Crippen molar-refractivity contribution < 1.29 is 0 Å². The molecule has 1 aliphatic heterocycles. The van der Waals surface area contributed by atoms with Gasteiger partial charge in [-0.3, -0.25) is 4.90 Å². The molecule has 3 heterocycles. The summed E-state index contributed by atoms with van der Waals surface area (Å²) in [4.78, 5) is 2.48. The number of likely N-dealkylation sites (tertiary alicyclic amines) is 1. The smallest absolute Gasteiger partial charge is 0.191 e. The van der Waals surface area contributed by atoms with Crippen molar-refractivity contribution in [3.8, 4) is 0 Å². The third kappa shape index (κ3) is 4.87. The fourth-order valence-corrected chi connectivity index (χ4v) is 4.89. The molecule has 142 valence electrons. The Hall–Kier alpha value is -1.48. The van der Waals surface area contributed by atoms with Crippen LogP contribution in [0.5, 0.6) is 0 Å². The van der Waals surface area contributed by atoms with Crippen LogP contribution >= 0.6 is 34.9 Å². The third-order valence-corrected chi connectivity index (χ3v) is 6.60. The van der Waals surface area contributed by atoms with Gasteiger partial charge in [0.15, 0.2) is 5.16 Å². The SMILES string of the molecule is Clc1snnc1CSc1nnc(CN2CCCCC2)n1Cc1ccccc1. The van der Waals surface area contributed by atoms with E-state index in [4.69, 9.17) is 11.6 Å². The van der Waals surface area contributed by atoms with Crippen LogP contribution in [-0.4, -0.2) is 42.3 Å². The van der Waals surface area contributed by atoms with E-state index in [9.17, 15) is 0 Å². The summed E-state index contributed by atoms with van der Waals surface area (Å²) in [6.45, 7) is 3.89. The minimum absolute atomic E-state index is 0.644. The number of rotatable bonds is 7. The van der Waals surface area contributed by atoms with Crippen molar-refractivity contribution >= 4 is 34.9 Å². The number of aromatic nitrogens is 5. The molecule has 0 spiro atoms. The van der Waals surface area contributed by atoms with E-state index in [2.05, 4.69) is 53.5 Å². The minimum atomic E-state index is 0.644. The highest BCUT2D eigenvalue weighted by Gasteiger charge is 2.18. The summed E-state index contributed by atoms with van der Waals surface area (Å²) in [7, 11) is 0. The van der Waals surface area contributed by atoms with Crippen LogP contribution < -0.4 is 0 Å². The predicted octanol–water partition coefficient (Wildman–Crippen LogP) is 4.11. The van der Waals surface area contributed by atoms with E-state index in [0.717, 1.165) is 42.9 Å². The van der Waals surface area contributed by atoms with Gasteiger partial charge in [-0.1, -0.05) is 64.6 Å². The number of nitrogens with zero attached hydrogens (tertiary/aromatic N) is 6. The van der Waals surface area contributed by atoms with Crippen LogP contribution in [0.25, 0.3) is 0 Å². The van der Waals surface area contributed by atoms with E-state index in [1.807, 2.05) is 6.07 Å². The number of benzene rings is 1. The summed E-state index contributed by atoms with van der Waals surface area (Å²) in [5, 5.41) is 14.0. The second kappa shape index (κ2) is 9.14. The summed E-state index contributed by atoms with van der Waals surface area (Å²) in [6, 6.07) is 10.5. The molecule has 2 aromatic heterocycles. The van der Waals surface area contributed by atoms with Gasteiger partial charge >= 0.3 is 0 Å². The molecule has 0 radical (unpaired) electrons. The number of hydrogen-bond acceptors (Lipinski definition) is 7. The fraction of sp³-hybridized carbons (Fsp3) is 0.444. The second-order valence-corrected chi connectivity index (χ2v) is 8.89. The average Bonchev–Trinajstić information content (AvgIpc) is 3.28. The average molecular weight is 421 g/mol. The van der Waals surface area contributed by atoms with Gasteiger partial charge in [0, 0.05) is 17.3 Å². The van der Waals surface area contributed by atoms with Gasteiger partial charge in [-0.15, -0.1) is 15.3 Å². The van der Waals surface area contributed by atoms with E-state index in [1.54, 1.807) is 11.8 Å². The standard InChI is InChI=1S/C18H21ClN6S2/c19-17-15(20-23-27-17)13-26-18-22-21-16(12-24-9-5-2-6-10-24)25(18)11-14-7-3-1-4-8-14/h1,3-4,7-8H,2,5-6,9-13H2. The zero-order valence-electron chi connectivity index (χ0n) is 14.9. The number of thioether (sulfide) groups is 1. The van der Waals surface area contributed by atoms with Gasteiger partial charge in [0.25, 0.3) is 0 Å². The van der Waals surface area contributed by atoms with E-state index in [1.165, 1.54) is 36.4 Å². The Morgan fingerprint density at radius 1 is 1.00 bits per heavy atom. The molecule has 0 atom stereocenters. The van der Waals surface area contributed by atoms with Crippen molar-refractivity contribution in [3.05, 3.63) is 51.7 Å². The maximum absolute atomic E-state index is 6.14. The number of piperidine rings is 1. The summed E-state index contributed by atoms with van der Waals surface area (Å²) in [5.41, 5.74) is 2.05. The third-order valence-electron chi connectivity index (χ3n) is 4.64. The van der Waals surface area contributed by atoms with Crippen molar-refractivity contribution in [1.82, 2.24) is 29.3 Å². The van der Waals surface area contributed by atoms with Crippen LogP contribution in [0.4, 0.5) is 0 Å². The Balaban J connectivity index is 1.54. The molecule has 1 aliphatic rings. The summed E-state index contributed by atoms with van der Waals surface area (Å²) < 4.78 is 6.77. The zero-order chi connectivity index (χ0) is 18.5. The first-order valence-electron chi connectivity index (χ1n) is 9.07. The molecule has 0 bridgehead atoms. The minimum Gasteiger partial charge on any atom is -0.300 e. The van der Waals surface area contributed by atoms with E-state index < -0.39 is 0 Å². The first kappa shape index (κ1) is 18.9. The predicted molar refractivity (Wildman–Crippen MR) is 109 cm³/mol. The molecule has 4 rings (SSSR count). The lowest BCUT2D eigenvalue weighted by atomic mass is 10.1. The summed E-state index contributed by atoms with van der Waals surface area (Å²) in [5.74, 6) is 1.66. The van der Waals surface area contributed by atoms with Gasteiger partial charge in [-0.05, 0) is 31.5 Å². The van der Waals surface area contributed by atoms with Gasteiger partial charge < -0.3 is 4.57 Å². The van der Waals surface area contributed by atoms with Gasteiger partial charge in [-0.2, -0.15) is 0 Å². The quantitative estimate of drug-likeness (QED) is 0.536. The van der Waals surface area contributed by atoms with Crippen LogP contribution in [-0.2, 0) is 18.8 Å². The van der Waals surface area contributed by atoms with Crippen molar-refractivity contribution in [2.24, 2.45) is 0 Å². The number of halogens is 1. The Kier molecular flexibility index (Phi) is 6.39.